The van der Waals surface area contributed by atoms with Gasteiger partial charge in [-0.2, -0.15) is 0 Å². The van der Waals surface area contributed by atoms with Gasteiger partial charge < -0.3 is 19.7 Å². The molecular formula is C26H28ClN3O4S. The predicted molar refractivity (Wildman–Crippen MR) is 138 cm³/mol. The number of carbonyl (C=O) groups is 2. The lowest BCUT2D eigenvalue weighted by atomic mass is 9.97. The van der Waals surface area contributed by atoms with Crippen LogP contribution in [-0.4, -0.2) is 48.0 Å². The zero-order chi connectivity index (χ0) is 24.9. The topological polar surface area (TPSA) is 80.8 Å². The van der Waals surface area contributed by atoms with Gasteiger partial charge in [0.15, 0.2) is 0 Å². The van der Waals surface area contributed by atoms with Gasteiger partial charge in [-0.3, -0.25) is 9.59 Å². The van der Waals surface area contributed by atoms with Crippen LogP contribution in [0.25, 0.3) is 0 Å². The maximum Gasteiger partial charge on any atom is 0.275 e. The highest BCUT2D eigenvalue weighted by Gasteiger charge is 2.27. The number of aromatic nitrogens is 1. The molecule has 0 unspecified atom stereocenters. The number of hydrogen-bond donors (Lipinski definition) is 1. The number of nitrogens with one attached hydrogen (secondary N) is 1. The number of benzene rings is 2. The molecular weight excluding hydrogens is 486 g/mol. The first-order valence-corrected chi connectivity index (χ1v) is 12.8. The molecule has 1 aliphatic rings. The van der Waals surface area contributed by atoms with Crippen molar-refractivity contribution in [3.05, 3.63) is 69.1 Å². The van der Waals surface area contributed by atoms with Gasteiger partial charge in [0.2, 0.25) is 0 Å². The van der Waals surface area contributed by atoms with Crippen LogP contribution in [0.2, 0.25) is 5.02 Å². The summed E-state index contributed by atoms with van der Waals surface area (Å²) in [6.45, 7) is 5.23. The van der Waals surface area contributed by atoms with Gasteiger partial charge >= 0.3 is 0 Å². The van der Waals surface area contributed by atoms with E-state index < -0.39 is 0 Å². The number of methoxy groups -OCH3 is 1. The SMILES string of the molecule is COc1ccc(Cl)c(NC(=O)c2csc(C3CCN(C(=O)c4ccc(OC(C)C)cc4)CC3)n2)c1. The fourth-order valence-electron chi connectivity index (χ4n) is 3.95. The molecule has 35 heavy (non-hydrogen) atoms. The lowest BCUT2D eigenvalue weighted by Gasteiger charge is -2.31. The molecule has 2 aromatic carbocycles. The summed E-state index contributed by atoms with van der Waals surface area (Å²) in [7, 11) is 1.55. The first-order chi connectivity index (χ1) is 16.8. The Bertz CT molecular complexity index is 1190. The summed E-state index contributed by atoms with van der Waals surface area (Å²) >= 11 is 7.67. The van der Waals surface area contributed by atoms with Crippen molar-refractivity contribution in [2.24, 2.45) is 0 Å². The molecule has 1 N–H and O–H groups in total. The fourth-order valence-corrected chi connectivity index (χ4v) is 5.09. The smallest absolute Gasteiger partial charge is 0.275 e. The van der Waals surface area contributed by atoms with Crippen LogP contribution in [0.3, 0.4) is 0 Å². The molecule has 1 aromatic heterocycles. The van der Waals surface area contributed by atoms with Crippen molar-refractivity contribution in [2.45, 2.75) is 38.7 Å². The van der Waals surface area contributed by atoms with Crippen LogP contribution in [-0.2, 0) is 0 Å². The molecule has 3 aromatic rings. The maximum atomic E-state index is 12.9. The highest BCUT2D eigenvalue weighted by Crippen LogP contribution is 2.32. The molecule has 9 heteroatoms. The van der Waals surface area contributed by atoms with Gasteiger partial charge in [-0.1, -0.05) is 11.6 Å². The Balaban J connectivity index is 1.33. The van der Waals surface area contributed by atoms with Crippen LogP contribution in [0.15, 0.2) is 47.8 Å². The minimum atomic E-state index is -0.319. The minimum absolute atomic E-state index is 0.0221. The third-order valence-corrected chi connectivity index (χ3v) is 7.12. The van der Waals surface area contributed by atoms with Gasteiger partial charge in [0.1, 0.15) is 17.2 Å². The highest BCUT2D eigenvalue weighted by atomic mass is 35.5. The van der Waals surface area contributed by atoms with E-state index in [4.69, 9.17) is 21.1 Å². The number of amides is 2. The lowest BCUT2D eigenvalue weighted by molar-refractivity contribution is 0.0713. The Hall–Kier alpha value is -3.10. The summed E-state index contributed by atoms with van der Waals surface area (Å²) in [6, 6.07) is 12.4. The van der Waals surface area contributed by atoms with E-state index in [1.807, 2.05) is 43.0 Å². The third kappa shape index (κ3) is 6.13. The predicted octanol–water partition coefficient (Wildman–Crippen LogP) is 5.86. The minimum Gasteiger partial charge on any atom is -0.497 e. The maximum absolute atomic E-state index is 12.9. The number of rotatable bonds is 7. The molecule has 0 aliphatic carbocycles. The standard InChI is InChI=1S/C26H28ClN3O4S/c1-16(2)34-19-6-4-18(5-7-19)26(32)30-12-10-17(11-13-30)25-29-23(15-35-25)24(31)28-22-14-20(33-3)8-9-21(22)27/h4-9,14-17H,10-13H2,1-3H3,(H,28,31). The molecule has 184 valence electrons. The number of piperidine rings is 1. The molecule has 0 atom stereocenters. The lowest BCUT2D eigenvalue weighted by Crippen LogP contribution is -2.37. The van der Waals surface area contributed by atoms with E-state index in [0.717, 1.165) is 23.6 Å². The number of likely N-dealkylation sites (tertiary alicyclic amines) is 1. The summed E-state index contributed by atoms with van der Waals surface area (Å²) in [5.41, 5.74) is 1.48. The Labute approximate surface area is 214 Å². The van der Waals surface area contributed by atoms with Gasteiger partial charge in [0.05, 0.1) is 28.9 Å². The Morgan fingerprint density at radius 3 is 2.46 bits per heavy atom. The molecule has 7 nitrogen and oxygen atoms in total. The van der Waals surface area contributed by atoms with Crippen LogP contribution in [0.1, 0.15) is 58.5 Å². The van der Waals surface area contributed by atoms with Gasteiger partial charge in [-0.25, -0.2) is 4.98 Å². The number of carbonyl (C=O) groups excluding carboxylic acids is 2. The molecule has 2 heterocycles. The molecule has 2 amide bonds. The number of halogens is 1. The first kappa shape index (κ1) is 25.0. The van der Waals surface area contributed by atoms with Crippen LogP contribution in [0.4, 0.5) is 5.69 Å². The van der Waals surface area contributed by atoms with E-state index in [1.165, 1.54) is 11.3 Å². The van der Waals surface area contributed by atoms with Crippen molar-refractivity contribution in [1.29, 1.82) is 0 Å². The van der Waals surface area contributed by atoms with Crippen LogP contribution < -0.4 is 14.8 Å². The number of nitrogens with zero attached hydrogens (tertiary/aromatic N) is 2. The summed E-state index contributed by atoms with van der Waals surface area (Å²) in [5, 5.41) is 5.90. The van der Waals surface area contributed by atoms with Gasteiger partial charge in [-0.05, 0) is 63.1 Å². The van der Waals surface area contributed by atoms with Crippen molar-refractivity contribution in [3.63, 3.8) is 0 Å². The monoisotopic (exact) mass is 513 g/mol. The van der Waals surface area contributed by atoms with E-state index in [1.54, 1.807) is 30.7 Å². The second-order valence-corrected chi connectivity index (χ2v) is 9.93. The van der Waals surface area contributed by atoms with Gasteiger partial charge in [0, 0.05) is 36.0 Å². The van der Waals surface area contributed by atoms with E-state index in [-0.39, 0.29) is 23.8 Å². The van der Waals surface area contributed by atoms with E-state index in [2.05, 4.69) is 10.3 Å². The van der Waals surface area contributed by atoms with E-state index >= 15 is 0 Å². The average molecular weight is 514 g/mol. The van der Waals surface area contributed by atoms with Crippen molar-refractivity contribution >= 4 is 40.4 Å². The quantitative estimate of drug-likeness (QED) is 0.427. The van der Waals surface area contributed by atoms with Crippen molar-refractivity contribution < 1.29 is 19.1 Å². The second kappa shape index (κ2) is 11.1. The molecule has 0 bridgehead atoms. The number of hydrogen-bond acceptors (Lipinski definition) is 6. The zero-order valence-electron chi connectivity index (χ0n) is 19.9. The molecule has 0 saturated carbocycles. The molecule has 4 rings (SSSR count). The van der Waals surface area contributed by atoms with Gasteiger partial charge in [-0.15, -0.1) is 11.3 Å². The number of ether oxygens (including phenoxy) is 2. The van der Waals surface area contributed by atoms with Crippen molar-refractivity contribution in [2.75, 3.05) is 25.5 Å². The molecule has 0 spiro atoms. The molecule has 0 radical (unpaired) electrons. The normalized spacial score (nSPS) is 14.1. The summed E-state index contributed by atoms with van der Waals surface area (Å²) < 4.78 is 10.9. The van der Waals surface area contributed by atoms with E-state index in [9.17, 15) is 9.59 Å². The summed E-state index contributed by atoms with van der Waals surface area (Å²) in [5.74, 6) is 1.28. The summed E-state index contributed by atoms with van der Waals surface area (Å²) in [4.78, 5) is 32.1. The fraction of sp³-hybridized carbons (Fsp3) is 0.346. The van der Waals surface area contributed by atoms with Crippen molar-refractivity contribution in [1.82, 2.24) is 9.88 Å². The first-order valence-electron chi connectivity index (χ1n) is 11.5. The number of thiazole rings is 1. The molecule has 1 fully saturated rings. The van der Waals surface area contributed by atoms with Crippen LogP contribution in [0.5, 0.6) is 11.5 Å². The Morgan fingerprint density at radius 1 is 1.11 bits per heavy atom. The summed E-state index contributed by atoms with van der Waals surface area (Å²) in [6.07, 6.45) is 1.69. The molecule has 1 saturated heterocycles. The van der Waals surface area contributed by atoms with E-state index in [0.29, 0.717) is 40.8 Å². The largest absolute Gasteiger partial charge is 0.497 e. The molecule has 1 aliphatic heterocycles. The second-order valence-electron chi connectivity index (χ2n) is 8.63. The van der Waals surface area contributed by atoms with Gasteiger partial charge in [0.25, 0.3) is 11.8 Å². The van der Waals surface area contributed by atoms with Crippen molar-refractivity contribution in [3.8, 4) is 11.5 Å². The number of anilines is 1. The Kier molecular flexibility index (Phi) is 7.93. The zero-order valence-corrected chi connectivity index (χ0v) is 21.5. The average Bonchev–Trinajstić information content (AvgIpc) is 3.36. The third-order valence-electron chi connectivity index (χ3n) is 5.78. The van der Waals surface area contributed by atoms with Crippen LogP contribution in [0, 0.1) is 0 Å². The Morgan fingerprint density at radius 2 is 1.80 bits per heavy atom. The highest BCUT2D eigenvalue weighted by molar-refractivity contribution is 7.10. The van der Waals surface area contributed by atoms with Crippen LogP contribution >= 0.6 is 22.9 Å².